The van der Waals surface area contributed by atoms with E-state index in [0.29, 0.717) is 11.0 Å². The number of benzene rings is 1. The molecule has 0 unspecified atom stereocenters. The van der Waals surface area contributed by atoms with Crippen LogP contribution in [0.25, 0.3) is 11.0 Å². The van der Waals surface area contributed by atoms with Gasteiger partial charge in [-0.15, -0.1) is 0 Å². The summed E-state index contributed by atoms with van der Waals surface area (Å²) in [6, 6.07) is 5.20. The lowest BCUT2D eigenvalue weighted by Gasteiger charge is -2.02. The first-order valence-corrected chi connectivity index (χ1v) is 4.57. The third-order valence-electron chi connectivity index (χ3n) is 1.88. The lowest BCUT2D eigenvalue weighted by Crippen LogP contribution is -2.10. The number of hydrogen-bond donors (Lipinski definition) is 2. The summed E-state index contributed by atoms with van der Waals surface area (Å²) in [5.41, 5.74) is 2.12. The number of anilines is 1. The van der Waals surface area contributed by atoms with E-state index < -0.39 is 6.09 Å². The Morgan fingerprint density at radius 1 is 1.60 bits per heavy atom. The average molecular weight is 226 g/mol. The zero-order valence-corrected chi connectivity index (χ0v) is 8.63. The van der Waals surface area contributed by atoms with E-state index >= 15 is 0 Å². The first kappa shape index (κ1) is 9.79. The zero-order chi connectivity index (χ0) is 10.8. The summed E-state index contributed by atoms with van der Waals surface area (Å²) in [7, 11) is 1.31. The fourth-order valence-electron chi connectivity index (χ4n) is 1.23. The third kappa shape index (κ3) is 2.02. The molecule has 0 spiro atoms. The molecule has 1 amide bonds. The van der Waals surface area contributed by atoms with Gasteiger partial charge in [0.2, 0.25) is 5.28 Å². The Bertz CT molecular complexity index is 509. The number of hydrogen-bond acceptors (Lipinski definition) is 3. The molecule has 15 heavy (non-hydrogen) atoms. The molecule has 2 aromatic rings. The van der Waals surface area contributed by atoms with Crippen LogP contribution in [0.1, 0.15) is 0 Å². The number of halogens is 1. The topological polar surface area (TPSA) is 67.0 Å². The molecule has 2 N–H and O–H groups in total. The highest BCUT2D eigenvalue weighted by Gasteiger charge is 2.04. The van der Waals surface area contributed by atoms with Crippen molar-refractivity contribution in [3.8, 4) is 0 Å². The number of aromatic nitrogens is 2. The van der Waals surface area contributed by atoms with Gasteiger partial charge >= 0.3 is 6.09 Å². The summed E-state index contributed by atoms with van der Waals surface area (Å²) >= 11 is 5.69. The van der Waals surface area contributed by atoms with Gasteiger partial charge in [0.1, 0.15) is 0 Å². The van der Waals surface area contributed by atoms with Crippen molar-refractivity contribution in [1.29, 1.82) is 0 Å². The van der Waals surface area contributed by atoms with Crippen LogP contribution in [0.2, 0.25) is 5.28 Å². The molecule has 78 valence electrons. The van der Waals surface area contributed by atoms with Crippen LogP contribution in [0.3, 0.4) is 0 Å². The normalized spacial score (nSPS) is 10.3. The number of aromatic amines is 1. The van der Waals surface area contributed by atoms with E-state index in [0.717, 1.165) is 11.0 Å². The van der Waals surface area contributed by atoms with Crippen LogP contribution in [0.4, 0.5) is 10.5 Å². The van der Waals surface area contributed by atoms with Gasteiger partial charge in [0.15, 0.2) is 0 Å². The van der Waals surface area contributed by atoms with Gasteiger partial charge in [-0.2, -0.15) is 0 Å². The summed E-state index contributed by atoms with van der Waals surface area (Å²) in [5.74, 6) is 0. The Morgan fingerprint density at radius 2 is 2.40 bits per heavy atom. The van der Waals surface area contributed by atoms with Crippen LogP contribution in [0.15, 0.2) is 18.2 Å². The van der Waals surface area contributed by atoms with Gasteiger partial charge in [-0.3, -0.25) is 5.32 Å². The Morgan fingerprint density at radius 3 is 3.13 bits per heavy atom. The van der Waals surface area contributed by atoms with Crippen molar-refractivity contribution in [2.24, 2.45) is 0 Å². The predicted molar refractivity (Wildman–Crippen MR) is 57.1 cm³/mol. The SMILES string of the molecule is COC(=O)Nc1ccc2nc(Cl)[nH]c2c1. The van der Waals surface area contributed by atoms with Gasteiger partial charge in [-0.1, -0.05) is 0 Å². The highest BCUT2D eigenvalue weighted by atomic mass is 35.5. The van der Waals surface area contributed by atoms with Gasteiger partial charge in [-0.25, -0.2) is 9.78 Å². The van der Waals surface area contributed by atoms with E-state index in [1.807, 2.05) is 0 Å². The Labute approximate surface area is 90.4 Å². The number of nitrogens with zero attached hydrogens (tertiary/aromatic N) is 1. The molecule has 0 aliphatic carbocycles. The maximum atomic E-state index is 10.9. The van der Waals surface area contributed by atoms with Crippen LogP contribution in [0.5, 0.6) is 0 Å². The Hall–Kier alpha value is -1.75. The third-order valence-corrected chi connectivity index (χ3v) is 2.06. The van der Waals surface area contributed by atoms with Crippen molar-refractivity contribution < 1.29 is 9.53 Å². The second kappa shape index (κ2) is 3.78. The second-order valence-corrected chi connectivity index (χ2v) is 3.23. The van der Waals surface area contributed by atoms with Gasteiger partial charge in [0.25, 0.3) is 0 Å². The molecule has 0 saturated heterocycles. The quantitative estimate of drug-likeness (QED) is 0.783. The van der Waals surface area contributed by atoms with E-state index in [1.54, 1.807) is 18.2 Å². The summed E-state index contributed by atoms with van der Waals surface area (Å²) < 4.78 is 4.47. The van der Waals surface area contributed by atoms with Crippen molar-refractivity contribution in [3.05, 3.63) is 23.5 Å². The molecular weight excluding hydrogens is 218 g/mol. The highest BCUT2D eigenvalue weighted by molar-refractivity contribution is 6.29. The molecule has 6 heteroatoms. The molecule has 0 bridgehead atoms. The molecule has 0 atom stereocenters. The first-order valence-electron chi connectivity index (χ1n) is 4.19. The molecule has 5 nitrogen and oxygen atoms in total. The number of imidazole rings is 1. The molecule has 2 rings (SSSR count). The van der Waals surface area contributed by atoms with E-state index in [2.05, 4.69) is 20.0 Å². The van der Waals surface area contributed by atoms with Gasteiger partial charge in [0, 0.05) is 5.69 Å². The average Bonchev–Trinajstić information content (AvgIpc) is 2.57. The molecule has 0 aliphatic heterocycles. The molecule has 1 aromatic heterocycles. The van der Waals surface area contributed by atoms with Crippen LogP contribution < -0.4 is 5.32 Å². The summed E-state index contributed by atoms with van der Waals surface area (Å²) in [6.45, 7) is 0. The molecule has 0 radical (unpaired) electrons. The van der Waals surface area contributed by atoms with Gasteiger partial charge < -0.3 is 9.72 Å². The van der Waals surface area contributed by atoms with Crippen LogP contribution in [-0.4, -0.2) is 23.2 Å². The van der Waals surface area contributed by atoms with Crippen LogP contribution in [-0.2, 0) is 4.74 Å². The highest BCUT2D eigenvalue weighted by Crippen LogP contribution is 2.18. The summed E-state index contributed by atoms with van der Waals surface area (Å²) in [4.78, 5) is 17.8. The standard InChI is InChI=1S/C9H8ClN3O2/c1-15-9(14)11-5-2-3-6-7(4-5)13-8(10)12-6/h2-4H,1H3,(H,11,14)(H,12,13). The molecule has 0 saturated carbocycles. The van der Waals surface area contributed by atoms with Crippen molar-refractivity contribution >= 4 is 34.4 Å². The predicted octanol–water partition coefficient (Wildman–Crippen LogP) is 2.39. The van der Waals surface area contributed by atoms with Gasteiger partial charge in [0.05, 0.1) is 18.1 Å². The van der Waals surface area contributed by atoms with Crippen molar-refractivity contribution in [2.45, 2.75) is 0 Å². The van der Waals surface area contributed by atoms with Crippen molar-refractivity contribution in [3.63, 3.8) is 0 Å². The lowest BCUT2D eigenvalue weighted by molar-refractivity contribution is 0.187. The van der Waals surface area contributed by atoms with E-state index in [9.17, 15) is 4.79 Å². The maximum absolute atomic E-state index is 10.9. The van der Waals surface area contributed by atoms with Crippen LogP contribution >= 0.6 is 11.6 Å². The number of carbonyl (C=O) groups is 1. The fourth-order valence-corrected chi connectivity index (χ4v) is 1.42. The number of fused-ring (bicyclic) bond motifs is 1. The maximum Gasteiger partial charge on any atom is 0.411 e. The monoisotopic (exact) mass is 225 g/mol. The Kier molecular flexibility index (Phi) is 2.47. The number of methoxy groups -OCH3 is 1. The van der Waals surface area contributed by atoms with Gasteiger partial charge in [-0.05, 0) is 29.8 Å². The number of H-pyrrole nitrogens is 1. The zero-order valence-electron chi connectivity index (χ0n) is 7.87. The van der Waals surface area contributed by atoms with Crippen molar-refractivity contribution in [1.82, 2.24) is 9.97 Å². The minimum atomic E-state index is -0.514. The summed E-state index contributed by atoms with van der Waals surface area (Å²) in [6.07, 6.45) is -0.514. The van der Waals surface area contributed by atoms with E-state index in [1.165, 1.54) is 7.11 Å². The Balaban J connectivity index is 2.33. The number of nitrogens with one attached hydrogen (secondary N) is 2. The molecular formula is C9H8ClN3O2. The minimum Gasteiger partial charge on any atom is -0.453 e. The number of ether oxygens (including phenoxy) is 1. The molecule has 0 fully saturated rings. The number of rotatable bonds is 1. The first-order chi connectivity index (χ1) is 7.19. The smallest absolute Gasteiger partial charge is 0.411 e. The fraction of sp³-hybridized carbons (Fsp3) is 0.111. The van der Waals surface area contributed by atoms with E-state index in [-0.39, 0.29) is 0 Å². The molecule has 0 aliphatic rings. The largest absolute Gasteiger partial charge is 0.453 e. The van der Waals surface area contributed by atoms with Crippen molar-refractivity contribution in [2.75, 3.05) is 12.4 Å². The molecule has 1 aromatic carbocycles. The lowest BCUT2D eigenvalue weighted by atomic mass is 10.3. The van der Waals surface area contributed by atoms with E-state index in [4.69, 9.17) is 11.6 Å². The molecule has 1 heterocycles. The number of carbonyl (C=O) groups excluding carboxylic acids is 1. The summed E-state index contributed by atoms with van der Waals surface area (Å²) in [5, 5.41) is 2.86. The number of amides is 1. The second-order valence-electron chi connectivity index (χ2n) is 2.88. The van der Waals surface area contributed by atoms with Crippen LogP contribution in [0, 0.1) is 0 Å². The minimum absolute atomic E-state index is 0.320.